The summed E-state index contributed by atoms with van der Waals surface area (Å²) < 4.78 is 0. The third-order valence-corrected chi connectivity index (χ3v) is 3.87. The van der Waals surface area contributed by atoms with Crippen molar-refractivity contribution in [2.75, 3.05) is 11.4 Å². The highest BCUT2D eigenvalue weighted by Crippen LogP contribution is 2.32. The topological polar surface area (TPSA) is 29.3 Å². The van der Waals surface area contributed by atoms with Gasteiger partial charge in [-0.25, -0.2) is 0 Å². The normalized spacial score (nSPS) is 13.7. The summed E-state index contributed by atoms with van der Waals surface area (Å²) in [5.41, 5.74) is 11.0. The molecule has 2 nitrogen and oxygen atoms in total. The van der Waals surface area contributed by atoms with Crippen LogP contribution in [0.25, 0.3) is 0 Å². The highest BCUT2D eigenvalue weighted by atomic mass is 35.5. The van der Waals surface area contributed by atoms with Crippen molar-refractivity contribution in [2.24, 2.45) is 5.73 Å². The van der Waals surface area contributed by atoms with E-state index in [1.54, 1.807) is 0 Å². The minimum atomic E-state index is 0.647. The molecular formula is C16H17ClN2. The van der Waals surface area contributed by atoms with E-state index in [1.807, 2.05) is 12.1 Å². The summed E-state index contributed by atoms with van der Waals surface area (Å²) in [6.45, 7) is 2.58. The van der Waals surface area contributed by atoms with Crippen molar-refractivity contribution in [3.8, 4) is 0 Å². The maximum atomic E-state index is 6.09. The number of nitrogens with zero attached hydrogens (tertiary/aromatic N) is 1. The van der Waals surface area contributed by atoms with Gasteiger partial charge in [-0.2, -0.15) is 0 Å². The second-order valence-electron chi connectivity index (χ2n) is 4.94. The quantitative estimate of drug-likeness (QED) is 0.928. The number of halogens is 1. The molecule has 0 radical (unpaired) electrons. The summed E-state index contributed by atoms with van der Waals surface area (Å²) in [5.74, 6) is 0. The predicted octanol–water partition coefficient (Wildman–Crippen LogP) is 3.36. The van der Waals surface area contributed by atoms with E-state index in [2.05, 4.69) is 35.2 Å². The summed E-state index contributed by atoms with van der Waals surface area (Å²) in [6.07, 6.45) is 0.864. The van der Waals surface area contributed by atoms with Crippen LogP contribution in [0.2, 0.25) is 5.02 Å². The number of hydrogen-bond acceptors (Lipinski definition) is 2. The second-order valence-corrected chi connectivity index (χ2v) is 5.37. The van der Waals surface area contributed by atoms with E-state index < -0.39 is 0 Å². The van der Waals surface area contributed by atoms with Crippen LogP contribution < -0.4 is 10.6 Å². The molecule has 3 heteroatoms. The van der Waals surface area contributed by atoms with Crippen LogP contribution in [0.1, 0.15) is 16.7 Å². The Kier molecular flexibility index (Phi) is 3.45. The SMILES string of the molecule is NCCc1cc(Cl)ccc1N1Cc2ccccc2C1. The number of rotatable bonds is 3. The number of benzene rings is 2. The Morgan fingerprint density at radius 3 is 2.37 bits per heavy atom. The molecule has 1 heterocycles. The lowest BCUT2D eigenvalue weighted by atomic mass is 10.1. The molecule has 0 aliphatic carbocycles. The van der Waals surface area contributed by atoms with Crippen molar-refractivity contribution in [1.82, 2.24) is 0 Å². The molecule has 1 aliphatic rings. The molecule has 0 amide bonds. The molecule has 98 valence electrons. The Morgan fingerprint density at radius 1 is 1.05 bits per heavy atom. The summed E-state index contributed by atoms with van der Waals surface area (Å²) in [5, 5.41) is 0.781. The van der Waals surface area contributed by atoms with Gasteiger partial charge in [-0.05, 0) is 47.9 Å². The Morgan fingerprint density at radius 2 is 1.74 bits per heavy atom. The summed E-state index contributed by atoms with van der Waals surface area (Å²) >= 11 is 6.09. The molecule has 0 saturated carbocycles. The van der Waals surface area contributed by atoms with Crippen molar-refractivity contribution in [1.29, 1.82) is 0 Å². The van der Waals surface area contributed by atoms with E-state index in [0.29, 0.717) is 6.54 Å². The average Bonchev–Trinajstić information content (AvgIpc) is 2.82. The summed E-state index contributed by atoms with van der Waals surface area (Å²) in [4.78, 5) is 2.39. The Bertz CT molecular complexity index is 570. The third kappa shape index (κ3) is 2.46. The Balaban J connectivity index is 1.92. The number of nitrogens with two attached hydrogens (primary N) is 1. The third-order valence-electron chi connectivity index (χ3n) is 3.64. The largest absolute Gasteiger partial charge is 0.363 e. The van der Waals surface area contributed by atoms with Gasteiger partial charge in [0.25, 0.3) is 0 Å². The predicted molar refractivity (Wildman–Crippen MR) is 80.5 cm³/mol. The molecule has 0 saturated heterocycles. The van der Waals surface area contributed by atoms with Crippen molar-refractivity contribution >= 4 is 17.3 Å². The van der Waals surface area contributed by atoms with E-state index in [1.165, 1.54) is 22.4 Å². The zero-order valence-corrected chi connectivity index (χ0v) is 11.5. The van der Waals surface area contributed by atoms with E-state index >= 15 is 0 Å². The molecule has 3 rings (SSSR count). The maximum absolute atomic E-state index is 6.09. The molecule has 0 fully saturated rings. The van der Waals surface area contributed by atoms with E-state index in [4.69, 9.17) is 17.3 Å². The molecule has 2 aromatic carbocycles. The standard InChI is InChI=1S/C16H17ClN2/c17-15-5-6-16(12(9-15)7-8-18)19-10-13-3-1-2-4-14(13)11-19/h1-6,9H,7-8,10-11,18H2. The fourth-order valence-electron chi connectivity index (χ4n) is 2.72. The molecule has 1 aliphatic heterocycles. The van der Waals surface area contributed by atoms with Crippen LogP contribution in [0.4, 0.5) is 5.69 Å². The molecule has 0 aromatic heterocycles. The monoisotopic (exact) mass is 272 g/mol. The Labute approximate surface area is 118 Å². The molecular weight excluding hydrogens is 256 g/mol. The minimum absolute atomic E-state index is 0.647. The van der Waals surface area contributed by atoms with Crippen LogP contribution in [0.15, 0.2) is 42.5 Å². The van der Waals surface area contributed by atoms with Crippen molar-refractivity contribution in [3.63, 3.8) is 0 Å². The van der Waals surface area contributed by atoms with Gasteiger partial charge in [0.15, 0.2) is 0 Å². The van der Waals surface area contributed by atoms with E-state index in [-0.39, 0.29) is 0 Å². The first kappa shape index (κ1) is 12.5. The van der Waals surface area contributed by atoms with E-state index in [0.717, 1.165) is 24.5 Å². The van der Waals surface area contributed by atoms with Crippen LogP contribution >= 0.6 is 11.6 Å². The lowest BCUT2D eigenvalue weighted by Gasteiger charge is -2.21. The van der Waals surface area contributed by atoms with Crippen LogP contribution in [0.5, 0.6) is 0 Å². The number of anilines is 1. The van der Waals surface area contributed by atoms with Gasteiger partial charge < -0.3 is 10.6 Å². The zero-order valence-electron chi connectivity index (χ0n) is 10.8. The molecule has 2 aromatic rings. The number of hydrogen-bond donors (Lipinski definition) is 1. The molecule has 0 bridgehead atoms. The first-order valence-corrected chi connectivity index (χ1v) is 6.96. The van der Waals surface area contributed by atoms with Crippen LogP contribution in [0, 0.1) is 0 Å². The van der Waals surface area contributed by atoms with Gasteiger partial charge in [0.05, 0.1) is 0 Å². The van der Waals surface area contributed by atoms with Gasteiger partial charge in [-0.3, -0.25) is 0 Å². The summed E-state index contributed by atoms with van der Waals surface area (Å²) in [6, 6.07) is 14.7. The van der Waals surface area contributed by atoms with Crippen LogP contribution in [-0.4, -0.2) is 6.54 Å². The van der Waals surface area contributed by atoms with Gasteiger partial charge in [0, 0.05) is 23.8 Å². The van der Waals surface area contributed by atoms with Gasteiger partial charge in [0.2, 0.25) is 0 Å². The smallest absolute Gasteiger partial charge is 0.0436 e. The highest BCUT2D eigenvalue weighted by molar-refractivity contribution is 6.30. The lowest BCUT2D eigenvalue weighted by molar-refractivity contribution is 0.858. The number of fused-ring (bicyclic) bond motifs is 1. The molecule has 0 spiro atoms. The van der Waals surface area contributed by atoms with Gasteiger partial charge in [0.1, 0.15) is 0 Å². The first-order valence-electron chi connectivity index (χ1n) is 6.58. The second kappa shape index (κ2) is 5.24. The molecule has 19 heavy (non-hydrogen) atoms. The molecule has 0 atom stereocenters. The van der Waals surface area contributed by atoms with Gasteiger partial charge in [-0.15, -0.1) is 0 Å². The van der Waals surface area contributed by atoms with Gasteiger partial charge >= 0.3 is 0 Å². The van der Waals surface area contributed by atoms with E-state index in [9.17, 15) is 0 Å². The lowest BCUT2D eigenvalue weighted by Crippen LogP contribution is -2.17. The first-order chi connectivity index (χ1) is 9.28. The maximum Gasteiger partial charge on any atom is 0.0436 e. The fourth-order valence-corrected chi connectivity index (χ4v) is 2.92. The fraction of sp³-hybridized carbons (Fsp3) is 0.250. The van der Waals surface area contributed by atoms with Crippen molar-refractivity contribution in [2.45, 2.75) is 19.5 Å². The molecule has 0 unspecified atom stereocenters. The van der Waals surface area contributed by atoms with Crippen LogP contribution in [0.3, 0.4) is 0 Å². The van der Waals surface area contributed by atoms with Crippen molar-refractivity contribution in [3.05, 3.63) is 64.2 Å². The van der Waals surface area contributed by atoms with Crippen molar-refractivity contribution < 1.29 is 0 Å². The van der Waals surface area contributed by atoms with Crippen LogP contribution in [-0.2, 0) is 19.5 Å². The minimum Gasteiger partial charge on any atom is -0.363 e. The average molecular weight is 273 g/mol. The Hall–Kier alpha value is -1.51. The summed E-state index contributed by atoms with van der Waals surface area (Å²) in [7, 11) is 0. The molecule has 2 N–H and O–H groups in total. The zero-order chi connectivity index (χ0) is 13.2. The highest BCUT2D eigenvalue weighted by Gasteiger charge is 2.20. The van der Waals surface area contributed by atoms with Gasteiger partial charge in [-0.1, -0.05) is 35.9 Å².